The molecule has 0 radical (unpaired) electrons. The van der Waals surface area contributed by atoms with Crippen molar-refractivity contribution in [3.63, 3.8) is 0 Å². The van der Waals surface area contributed by atoms with Gasteiger partial charge < -0.3 is 15.4 Å². The van der Waals surface area contributed by atoms with E-state index in [0.29, 0.717) is 0 Å². The zero-order valence-electron chi connectivity index (χ0n) is 12.4. The lowest BCUT2D eigenvalue weighted by molar-refractivity contribution is -0.157. The number of thioether (sulfide) groups is 1. The Labute approximate surface area is 133 Å². The Morgan fingerprint density at radius 3 is 2.82 bits per heavy atom. The van der Waals surface area contributed by atoms with Crippen molar-refractivity contribution >= 4 is 35.2 Å². The summed E-state index contributed by atoms with van der Waals surface area (Å²) in [6.45, 7) is 1.66. The van der Waals surface area contributed by atoms with E-state index in [1.807, 2.05) is 30.5 Å². The summed E-state index contributed by atoms with van der Waals surface area (Å²) in [6, 6.07) is 7.56. The molecule has 0 saturated carbocycles. The van der Waals surface area contributed by atoms with Crippen LogP contribution in [-0.2, 0) is 19.1 Å². The molecule has 0 aromatic heterocycles. The van der Waals surface area contributed by atoms with Crippen LogP contribution in [0.15, 0.2) is 29.2 Å². The molecule has 22 heavy (non-hydrogen) atoms. The van der Waals surface area contributed by atoms with Crippen molar-refractivity contribution in [2.45, 2.75) is 24.3 Å². The van der Waals surface area contributed by atoms with E-state index < -0.39 is 23.9 Å². The van der Waals surface area contributed by atoms with Crippen LogP contribution in [0.5, 0.6) is 0 Å². The van der Waals surface area contributed by atoms with Crippen LogP contribution >= 0.6 is 11.8 Å². The van der Waals surface area contributed by atoms with Crippen molar-refractivity contribution in [3.8, 4) is 0 Å². The fourth-order valence-corrected chi connectivity index (χ4v) is 2.68. The molecular formula is C15H18N2O4S. The lowest BCUT2D eigenvalue weighted by atomic mass is 10.1. The Balaban J connectivity index is 2.07. The molecule has 118 valence electrons. The molecule has 0 unspecified atom stereocenters. The van der Waals surface area contributed by atoms with Gasteiger partial charge in [-0.05, 0) is 31.4 Å². The van der Waals surface area contributed by atoms with Crippen LogP contribution in [0.1, 0.15) is 13.3 Å². The molecule has 1 saturated heterocycles. The molecule has 7 heteroatoms. The van der Waals surface area contributed by atoms with E-state index in [0.717, 1.165) is 10.6 Å². The molecule has 1 aliphatic heterocycles. The predicted octanol–water partition coefficient (Wildman–Crippen LogP) is 1.18. The molecule has 6 nitrogen and oxygen atoms in total. The van der Waals surface area contributed by atoms with Crippen LogP contribution in [0.4, 0.5) is 5.69 Å². The van der Waals surface area contributed by atoms with Crippen molar-refractivity contribution in [1.82, 2.24) is 0 Å². The average Bonchev–Trinajstić information content (AvgIpc) is 2.89. The van der Waals surface area contributed by atoms with E-state index >= 15 is 0 Å². The number of ether oxygens (including phenoxy) is 1. The van der Waals surface area contributed by atoms with Crippen LogP contribution in [0.3, 0.4) is 0 Å². The highest BCUT2D eigenvalue weighted by Gasteiger charge is 2.37. The Kier molecular flexibility index (Phi) is 5.07. The van der Waals surface area contributed by atoms with Gasteiger partial charge in [0.1, 0.15) is 0 Å². The largest absolute Gasteiger partial charge is 0.452 e. The lowest BCUT2D eigenvalue weighted by Crippen LogP contribution is -2.33. The van der Waals surface area contributed by atoms with Gasteiger partial charge in [-0.15, -0.1) is 11.8 Å². The molecule has 0 aliphatic carbocycles. The fourth-order valence-electron chi connectivity index (χ4n) is 2.22. The van der Waals surface area contributed by atoms with Crippen LogP contribution < -0.4 is 10.6 Å². The first-order chi connectivity index (χ1) is 10.4. The number of hydrogen-bond donors (Lipinski definition) is 1. The molecule has 1 aliphatic rings. The molecule has 1 aromatic rings. The molecule has 2 atom stereocenters. The average molecular weight is 322 g/mol. The van der Waals surface area contributed by atoms with Crippen molar-refractivity contribution in [2.24, 2.45) is 11.7 Å². The molecule has 2 rings (SSSR count). The third-order valence-corrected chi connectivity index (χ3v) is 4.24. The van der Waals surface area contributed by atoms with Crippen LogP contribution in [0.2, 0.25) is 0 Å². The van der Waals surface area contributed by atoms with Gasteiger partial charge in [0.25, 0.3) is 5.91 Å². The molecule has 1 aromatic carbocycles. The highest BCUT2D eigenvalue weighted by Crippen LogP contribution is 2.28. The number of hydrogen-bond acceptors (Lipinski definition) is 5. The first-order valence-electron chi connectivity index (χ1n) is 6.86. The molecular weight excluding hydrogens is 304 g/mol. The summed E-state index contributed by atoms with van der Waals surface area (Å²) in [5.41, 5.74) is 5.82. The van der Waals surface area contributed by atoms with E-state index in [-0.39, 0.29) is 18.9 Å². The highest BCUT2D eigenvalue weighted by atomic mass is 32.2. The second-order valence-corrected chi connectivity index (χ2v) is 5.97. The monoisotopic (exact) mass is 322 g/mol. The van der Waals surface area contributed by atoms with Crippen LogP contribution in [0.25, 0.3) is 0 Å². The summed E-state index contributed by atoms with van der Waals surface area (Å²) in [6.07, 6.45) is 1.04. The summed E-state index contributed by atoms with van der Waals surface area (Å²) < 4.78 is 4.98. The molecule has 2 N–H and O–H groups in total. The summed E-state index contributed by atoms with van der Waals surface area (Å²) in [5.74, 6) is -1.98. The second-order valence-electron chi connectivity index (χ2n) is 5.09. The molecule has 1 fully saturated rings. The number of benzene rings is 1. The minimum absolute atomic E-state index is 0.0772. The Bertz CT molecular complexity index is 605. The molecule has 1 heterocycles. The van der Waals surface area contributed by atoms with Crippen molar-refractivity contribution < 1.29 is 19.1 Å². The van der Waals surface area contributed by atoms with Gasteiger partial charge in [-0.3, -0.25) is 14.4 Å². The van der Waals surface area contributed by atoms with Gasteiger partial charge in [0, 0.05) is 23.5 Å². The first-order valence-corrected chi connectivity index (χ1v) is 8.09. The number of primary amides is 1. The third-order valence-electron chi connectivity index (χ3n) is 3.52. The summed E-state index contributed by atoms with van der Waals surface area (Å²) in [4.78, 5) is 37.7. The standard InChI is InChI=1S/C15H18N2O4S/c1-9(14(16)19)21-15(20)10-6-13(18)17(8-10)11-4-3-5-12(7-11)22-2/h3-5,7,9-10H,6,8H2,1-2H3,(H2,16,19)/t9-,10+/m1/s1. The van der Waals surface area contributed by atoms with E-state index in [2.05, 4.69) is 0 Å². The number of esters is 1. The van der Waals surface area contributed by atoms with Gasteiger partial charge >= 0.3 is 5.97 Å². The quantitative estimate of drug-likeness (QED) is 0.649. The van der Waals surface area contributed by atoms with Crippen molar-refractivity contribution in [3.05, 3.63) is 24.3 Å². The summed E-state index contributed by atoms with van der Waals surface area (Å²) in [5, 5.41) is 0. The first kappa shape index (κ1) is 16.4. The van der Waals surface area contributed by atoms with Gasteiger partial charge in [-0.25, -0.2) is 0 Å². The maximum atomic E-state index is 12.1. The second kappa shape index (κ2) is 6.83. The highest BCUT2D eigenvalue weighted by molar-refractivity contribution is 7.98. The zero-order chi connectivity index (χ0) is 16.3. The van der Waals surface area contributed by atoms with Gasteiger partial charge in [0.05, 0.1) is 5.92 Å². The Morgan fingerprint density at radius 2 is 2.18 bits per heavy atom. The fraction of sp³-hybridized carbons (Fsp3) is 0.400. The number of nitrogens with zero attached hydrogens (tertiary/aromatic N) is 1. The lowest BCUT2D eigenvalue weighted by Gasteiger charge is -2.17. The van der Waals surface area contributed by atoms with Crippen molar-refractivity contribution in [2.75, 3.05) is 17.7 Å². The van der Waals surface area contributed by atoms with Gasteiger partial charge in [0.2, 0.25) is 5.91 Å². The van der Waals surface area contributed by atoms with Crippen LogP contribution in [0, 0.1) is 5.92 Å². The SMILES string of the molecule is CSc1cccc(N2C[C@@H](C(=O)O[C@H](C)C(N)=O)CC2=O)c1. The Hall–Kier alpha value is -2.02. The third kappa shape index (κ3) is 3.59. The van der Waals surface area contributed by atoms with Crippen LogP contribution in [-0.4, -0.2) is 36.7 Å². The molecule has 0 spiro atoms. The van der Waals surface area contributed by atoms with Crippen molar-refractivity contribution in [1.29, 1.82) is 0 Å². The number of nitrogens with two attached hydrogens (primary N) is 1. The zero-order valence-corrected chi connectivity index (χ0v) is 13.3. The smallest absolute Gasteiger partial charge is 0.312 e. The topological polar surface area (TPSA) is 89.7 Å². The molecule has 0 bridgehead atoms. The molecule has 2 amide bonds. The maximum Gasteiger partial charge on any atom is 0.312 e. The number of amides is 2. The normalized spacial score (nSPS) is 19.1. The number of anilines is 1. The number of rotatable bonds is 5. The van der Waals surface area contributed by atoms with E-state index in [4.69, 9.17) is 10.5 Å². The van der Waals surface area contributed by atoms with Gasteiger partial charge in [-0.1, -0.05) is 6.07 Å². The minimum Gasteiger partial charge on any atom is -0.452 e. The van der Waals surface area contributed by atoms with Gasteiger partial charge in [-0.2, -0.15) is 0 Å². The minimum atomic E-state index is -0.989. The predicted molar refractivity (Wildman–Crippen MR) is 83.4 cm³/mol. The number of carbonyl (C=O) groups is 3. The summed E-state index contributed by atoms with van der Waals surface area (Å²) >= 11 is 1.58. The van der Waals surface area contributed by atoms with E-state index in [1.54, 1.807) is 16.7 Å². The van der Waals surface area contributed by atoms with Gasteiger partial charge in [0.15, 0.2) is 6.10 Å². The van der Waals surface area contributed by atoms with E-state index in [9.17, 15) is 14.4 Å². The van der Waals surface area contributed by atoms with E-state index in [1.165, 1.54) is 6.92 Å². The maximum absolute atomic E-state index is 12.1. The number of carbonyl (C=O) groups excluding carboxylic acids is 3. The Morgan fingerprint density at radius 1 is 1.45 bits per heavy atom. The summed E-state index contributed by atoms with van der Waals surface area (Å²) in [7, 11) is 0.